The van der Waals surface area contributed by atoms with Crippen LogP contribution in [0, 0.1) is 22.0 Å². The molecule has 2 aliphatic rings. The minimum Gasteiger partial charge on any atom is -0.458 e. The highest BCUT2D eigenvalue weighted by Crippen LogP contribution is 2.46. The first-order chi connectivity index (χ1) is 10.1. The third-order valence-electron chi connectivity index (χ3n) is 3.76. The zero-order valence-electron chi connectivity index (χ0n) is 11.1. The van der Waals surface area contributed by atoms with Crippen LogP contribution in [0.25, 0.3) is 0 Å². The standard InChI is InChI=1S/C15H13Cl2NO3/c16-12-7-10(18(19)20)8-13(17)15(12)21-14-4-2-1-3-11(14)9-5-6-9/h1-2,4,7-9,11H,3,5-6H2. The van der Waals surface area contributed by atoms with E-state index < -0.39 is 4.92 Å². The largest absolute Gasteiger partial charge is 0.458 e. The van der Waals surface area contributed by atoms with Crippen LogP contribution in [0.5, 0.6) is 5.75 Å². The smallest absolute Gasteiger partial charge is 0.272 e. The molecule has 4 nitrogen and oxygen atoms in total. The molecule has 3 rings (SSSR count). The van der Waals surface area contributed by atoms with Gasteiger partial charge in [-0.1, -0.05) is 35.4 Å². The van der Waals surface area contributed by atoms with E-state index in [1.807, 2.05) is 12.2 Å². The maximum atomic E-state index is 10.8. The van der Waals surface area contributed by atoms with E-state index in [-0.39, 0.29) is 21.5 Å². The summed E-state index contributed by atoms with van der Waals surface area (Å²) in [4.78, 5) is 10.3. The Kier molecular flexibility index (Phi) is 3.91. The molecule has 0 radical (unpaired) electrons. The van der Waals surface area contributed by atoms with Crippen molar-refractivity contribution in [2.24, 2.45) is 11.8 Å². The van der Waals surface area contributed by atoms with Crippen LogP contribution in [-0.4, -0.2) is 4.92 Å². The second-order valence-electron chi connectivity index (χ2n) is 5.27. The Bertz CT molecular complexity index is 627. The number of nitro benzene ring substituents is 1. The average molecular weight is 326 g/mol. The second-order valence-corrected chi connectivity index (χ2v) is 6.09. The molecule has 1 aromatic rings. The van der Waals surface area contributed by atoms with E-state index in [1.165, 1.54) is 25.0 Å². The van der Waals surface area contributed by atoms with Crippen molar-refractivity contribution in [2.75, 3.05) is 0 Å². The summed E-state index contributed by atoms with van der Waals surface area (Å²) in [7, 11) is 0. The SMILES string of the molecule is O=[N+]([O-])c1cc(Cl)c(OC2=CC=CCC2C2CC2)c(Cl)c1. The number of ether oxygens (including phenoxy) is 1. The molecule has 0 aromatic heterocycles. The number of hydrogen-bond donors (Lipinski definition) is 0. The molecule has 0 spiro atoms. The van der Waals surface area contributed by atoms with Gasteiger partial charge in [0.05, 0.1) is 15.0 Å². The predicted molar refractivity (Wildman–Crippen MR) is 81.8 cm³/mol. The molecule has 1 aromatic carbocycles. The monoisotopic (exact) mass is 325 g/mol. The number of halogens is 2. The minimum atomic E-state index is -0.531. The molecule has 0 amide bonds. The molecule has 1 atom stereocenters. The number of nitrogens with zero attached hydrogens (tertiary/aromatic N) is 1. The fourth-order valence-electron chi connectivity index (χ4n) is 2.53. The lowest BCUT2D eigenvalue weighted by molar-refractivity contribution is -0.384. The molecule has 0 bridgehead atoms. The van der Waals surface area contributed by atoms with E-state index in [9.17, 15) is 10.1 Å². The van der Waals surface area contributed by atoms with Gasteiger partial charge in [-0.15, -0.1) is 0 Å². The number of rotatable bonds is 4. The average Bonchev–Trinajstić information content (AvgIpc) is 3.27. The molecule has 1 saturated carbocycles. The Hall–Kier alpha value is -1.52. The van der Waals surface area contributed by atoms with Crippen molar-refractivity contribution < 1.29 is 9.66 Å². The summed E-state index contributed by atoms with van der Waals surface area (Å²) >= 11 is 12.2. The second kappa shape index (κ2) is 5.70. The van der Waals surface area contributed by atoms with Crippen molar-refractivity contribution in [3.05, 3.63) is 56.3 Å². The van der Waals surface area contributed by atoms with Crippen LogP contribution in [0.3, 0.4) is 0 Å². The van der Waals surface area contributed by atoms with E-state index in [2.05, 4.69) is 6.08 Å². The first kappa shape index (κ1) is 14.4. The summed E-state index contributed by atoms with van der Waals surface area (Å²) < 4.78 is 5.89. The molecule has 1 unspecified atom stereocenters. The van der Waals surface area contributed by atoms with Gasteiger partial charge >= 0.3 is 0 Å². The Morgan fingerprint density at radius 2 is 1.90 bits per heavy atom. The summed E-state index contributed by atoms with van der Waals surface area (Å²) in [5, 5.41) is 11.1. The van der Waals surface area contributed by atoms with E-state index in [0.717, 1.165) is 12.2 Å². The van der Waals surface area contributed by atoms with Gasteiger partial charge in [0.25, 0.3) is 5.69 Å². The van der Waals surface area contributed by atoms with Crippen molar-refractivity contribution >= 4 is 28.9 Å². The predicted octanol–water partition coefficient (Wildman–Crippen LogP) is 5.15. The van der Waals surface area contributed by atoms with E-state index in [4.69, 9.17) is 27.9 Å². The van der Waals surface area contributed by atoms with Gasteiger partial charge in [0.1, 0.15) is 5.76 Å². The third kappa shape index (κ3) is 3.06. The highest BCUT2D eigenvalue weighted by atomic mass is 35.5. The van der Waals surface area contributed by atoms with Gasteiger partial charge in [0, 0.05) is 18.1 Å². The summed E-state index contributed by atoms with van der Waals surface area (Å²) in [6, 6.07) is 2.52. The first-order valence-electron chi connectivity index (χ1n) is 6.74. The van der Waals surface area contributed by atoms with Crippen LogP contribution >= 0.6 is 23.2 Å². The zero-order chi connectivity index (χ0) is 15.0. The normalized spacial score (nSPS) is 21.0. The highest BCUT2D eigenvalue weighted by Gasteiger charge is 2.35. The van der Waals surface area contributed by atoms with Crippen molar-refractivity contribution in [3.8, 4) is 5.75 Å². The Labute approximate surface area is 132 Å². The molecule has 0 aliphatic heterocycles. The van der Waals surface area contributed by atoms with Crippen LogP contribution < -0.4 is 4.74 Å². The molecular formula is C15H13Cl2NO3. The van der Waals surface area contributed by atoms with Crippen LogP contribution in [0.15, 0.2) is 36.1 Å². The highest BCUT2D eigenvalue weighted by molar-refractivity contribution is 6.37. The minimum absolute atomic E-state index is 0.145. The summed E-state index contributed by atoms with van der Waals surface area (Å²) in [5.41, 5.74) is -0.145. The van der Waals surface area contributed by atoms with Crippen molar-refractivity contribution in [3.63, 3.8) is 0 Å². The fraction of sp³-hybridized carbons (Fsp3) is 0.333. The number of benzene rings is 1. The summed E-state index contributed by atoms with van der Waals surface area (Å²) in [6.07, 6.45) is 9.34. The van der Waals surface area contributed by atoms with Gasteiger partial charge in [0.2, 0.25) is 0 Å². The molecule has 0 saturated heterocycles. The van der Waals surface area contributed by atoms with Gasteiger partial charge in [-0.05, 0) is 31.3 Å². The number of nitro groups is 1. The number of hydrogen-bond acceptors (Lipinski definition) is 3. The lowest BCUT2D eigenvalue weighted by Gasteiger charge is -2.22. The molecule has 2 aliphatic carbocycles. The maximum Gasteiger partial charge on any atom is 0.272 e. The van der Waals surface area contributed by atoms with E-state index >= 15 is 0 Å². The van der Waals surface area contributed by atoms with Crippen LogP contribution in [0.2, 0.25) is 10.0 Å². The van der Waals surface area contributed by atoms with Gasteiger partial charge in [-0.3, -0.25) is 10.1 Å². The lowest BCUT2D eigenvalue weighted by atomic mass is 9.93. The van der Waals surface area contributed by atoms with E-state index in [1.54, 1.807) is 0 Å². The van der Waals surface area contributed by atoms with Crippen LogP contribution in [-0.2, 0) is 0 Å². The third-order valence-corrected chi connectivity index (χ3v) is 4.32. The van der Waals surface area contributed by atoms with Gasteiger partial charge < -0.3 is 4.74 Å². The van der Waals surface area contributed by atoms with Crippen molar-refractivity contribution in [1.29, 1.82) is 0 Å². The maximum absolute atomic E-state index is 10.8. The Balaban J connectivity index is 1.88. The first-order valence-corrected chi connectivity index (χ1v) is 7.50. The summed E-state index contributed by atoms with van der Waals surface area (Å²) in [5.74, 6) is 2.11. The Morgan fingerprint density at radius 1 is 1.24 bits per heavy atom. The van der Waals surface area contributed by atoms with E-state index in [0.29, 0.717) is 11.8 Å². The molecule has 21 heavy (non-hydrogen) atoms. The van der Waals surface area contributed by atoms with Gasteiger partial charge in [-0.25, -0.2) is 0 Å². The summed E-state index contributed by atoms with van der Waals surface area (Å²) in [6.45, 7) is 0. The quantitative estimate of drug-likeness (QED) is 0.568. The molecule has 0 heterocycles. The number of non-ortho nitro benzene ring substituents is 1. The molecular weight excluding hydrogens is 313 g/mol. The molecule has 0 N–H and O–H groups in total. The van der Waals surface area contributed by atoms with Crippen LogP contribution in [0.4, 0.5) is 5.69 Å². The molecule has 110 valence electrons. The zero-order valence-corrected chi connectivity index (χ0v) is 12.6. The van der Waals surface area contributed by atoms with Crippen LogP contribution in [0.1, 0.15) is 19.3 Å². The molecule has 6 heteroatoms. The topological polar surface area (TPSA) is 52.4 Å². The number of allylic oxidation sites excluding steroid dienone is 4. The lowest BCUT2D eigenvalue weighted by Crippen LogP contribution is -2.13. The van der Waals surface area contributed by atoms with Crippen molar-refractivity contribution in [1.82, 2.24) is 0 Å². The van der Waals surface area contributed by atoms with Crippen molar-refractivity contribution in [2.45, 2.75) is 19.3 Å². The van der Waals surface area contributed by atoms with Gasteiger partial charge in [0.15, 0.2) is 5.75 Å². The fourth-order valence-corrected chi connectivity index (χ4v) is 3.08. The Morgan fingerprint density at radius 3 is 2.48 bits per heavy atom. The van der Waals surface area contributed by atoms with Gasteiger partial charge in [-0.2, -0.15) is 0 Å². The molecule has 1 fully saturated rings.